The minimum absolute atomic E-state index is 0.0262. The van der Waals surface area contributed by atoms with Gasteiger partial charge in [-0.3, -0.25) is 4.79 Å². The Kier molecular flexibility index (Phi) is 5.07. The number of hydrogen-bond acceptors (Lipinski definition) is 5. The van der Waals surface area contributed by atoms with E-state index in [1.165, 1.54) is 14.0 Å². The quantitative estimate of drug-likeness (QED) is 0.820. The van der Waals surface area contributed by atoms with Gasteiger partial charge in [-0.15, -0.1) is 0 Å². The standard InChI is InChI=1S/C11H19N3O4S/c1-5-6-12-10(15)7-14(4)19(16,17)11-8(2)13-18-9(11)3/h5-7H2,1-4H3,(H,12,15). The summed E-state index contributed by atoms with van der Waals surface area (Å²) in [4.78, 5) is 11.6. The molecule has 0 saturated heterocycles. The third kappa shape index (κ3) is 3.54. The van der Waals surface area contributed by atoms with E-state index in [0.29, 0.717) is 12.2 Å². The Morgan fingerprint density at radius 1 is 1.42 bits per heavy atom. The molecule has 8 heteroatoms. The van der Waals surface area contributed by atoms with E-state index in [2.05, 4.69) is 10.5 Å². The first-order chi connectivity index (χ1) is 8.80. The van der Waals surface area contributed by atoms with Gasteiger partial charge in [0.25, 0.3) is 0 Å². The predicted molar refractivity (Wildman–Crippen MR) is 69.1 cm³/mol. The van der Waals surface area contributed by atoms with Gasteiger partial charge in [-0.25, -0.2) is 8.42 Å². The number of aromatic nitrogens is 1. The Bertz CT molecular complexity index is 531. The lowest BCUT2D eigenvalue weighted by Crippen LogP contribution is -2.38. The summed E-state index contributed by atoms with van der Waals surface area (Å²) in [6.07, 6.45) is 0.798. The van der Waals surface area contributed by atoms with Crippen molar-refractivity contribution in [3.8, 4) is 0 Å². The molecular formula is C11H19N3O4S. The highest BCUT2D eigenvalue weighted by atomic mass is 32.2. The van der Waals surface area contributed by atoms with Crippen LogP contribution in [-0.4, -0.2) is 43.9 Å². The minimum atomic E-state index is -3.76. The molecule has 0 saturated carbocycles. The first kappa shape index (κ1) is 15.6. The van der Waals surface area contributed by atoms with Crippen LogP contribution in [0.15, 0.2) is 9.42 Å². The van der Waals surface area contributed by atoms with Crippen LogP contribution in [0.25, 0.3) is 0 Å². The molecule has 7 nitrogen and oxygen atoms in total. The SMILES string of the molecule is CCCNC(=O)CN(C)S(=O)(=O)c1c(C)noc1C. The number of amides is 1. The van der Waals surface area contributed by atoms with Gasteiger partial charge in [0.05, 0.1) is 6.54 Å². The lowest BCUT2D eigenvalue weighted by atomic mass is 10.4. The van der Waals surface area contributed by atoms with Gasteiger partial charge in [0.1, 0.15) is 10.6 Å². The molecule has 1 aromatic heterocycles. The summed E-state index contributed by atoms with van der Waals surface area (Å²) in [5, 5.41) is 6.24. The molecule has 1 amide bonds. The lowest BCUT2D eigenvalue weighted by molar-refractivity contribution is -0.121. The molecule has 1 N–H and O–H groups in total. The van der Waals surface area contributed by atoms with Gasteiger partial charge in [-0.1, -0.05) is 12.1 Å². The molecule has 0 spiro atoms. The second-order valence-electron chi connectivity index (χ2n) is 4.26. The Hall–Kier alpha value is -1.41. The molecule has 0 aliphatic carbocycles. The van der Waals surface area contributed by atoms with Gasteiger partial charge in [0.15, 0.2) is 5.76 Å². The first-order valence-electron chi connectivity index (χ1n) is 5.96. The maximum absolute atomic E-state index is 12.3. The smallest absolute Gasteiger partial charge is 0.248 e. The van der Waals surface area contributed by atoms with E-state index >= 15 is 0 Å². The van der Waals surface area contributed by atoms with Gasteiger partial charge < -0.3 is 9.84 Å². The van der Waals surface area contributed by atoms with Gasteiger partial charge >= 0.3 is 0 Å². The molecule has 0 aliphatic heterocycles. The van der Waals surface area contributed by atoms with Gasteiger partial charge in [0, 0.05) is 13.6 Å². The molecule has 0 fully saturated rings. The summed E-state index contributed by atoms with van der Waals surface area (Å²) >= 11 is 0. The number of likely N-dealkylation sites (N-methyl/N-ethyl adjacent to an activating group) is 1. The van der Waals surface area contributed by atoms with E-state index in [-0.39, 0.29) is 23.1 Å². The number of carbonyl (C=O) groups excluding carboxylic acids is 1. The molecule has 1 heterocycles. The van der Waals surface area contributed by atoms with Crippen molar-refractivity contribution in [3.63, 3.8) is 0 Å². The normalized spacial score (nSPS) is 11.8. The molecule has 1 rings (SSSR count). The highest BCUT2D eigenvalue weighted by molar-refractivity contribution is 7.89. The molecule has 0 aromatic carbocycles. The van der Waals surface area contributed by atoms with Crippen LogP contribution in [0.4, 0.5) is 0 Å². The highest BCUT2D eigenvalue weighted by Gasteiger charge is 2.29. The molecule has 0 bridgehead atoms. The monoisotopic (exact) mass is 289 g/mol. The third-order valence-corrected chi connectivity index (χ3v) is 4.62. The van der Waals surface area contributed by atoms with Gasteiger partial charge in [-0.05, 0) is 20.3 Å². The molecule has 0 aliphatic rings. The summed E-state index contributed by atoms with van der Waals surface area (Å²) in [6.45, 7) is 5.29. The molecule has 0 atom stereocenters. The van der Waals surface area contributed by atoms with Gasteiger partial charge in [0.2, 0.25) is 15.9 Å². The molecular weight excluding hydrogens is 270 g/mol. The van der Waals surface area contributed by atoms with Crippen molar-refractivity contribution in [1.29, 1.82) is 0 Å². The topological polar surface area (TPSA) is 92.5 Å². The summed E-state index contributed by atoms with van der Waals surface area (Å²) in [6, 6.07) is 0. The first-order valence-corrected chi connectivity index (χ1v) is 7.40. The predicted octanol–water partition coefficient (Wildman–Crippen LogP) is 0.438. The molecule has 0 unspecified atom stereocenters. The van der Waals surface area contributed by atoms with E-state index in [4.69, 9.17) is 4.52 Å². The number of sulfonamides is 1. The van der Waals surface area contributed by atoms with Crippen molar-refractivity contribution in [2.45, 2.75) is 32.1 Å². The maximum atomic E-state index is 12.3. The van der Waals surface area contributed by atoms with Crippen LogP contribution in [-0.2, 0) is 14.8 Å². The summed E-state index contributed by atoms with van der Waals surface area (Å²) in [5.74, 6) is -0.113. The average molecular weight is 289 g/mol. The minimum Gasteiger partial charge on any atom is -0.360 e. The lowest BCUT2D eigenvalue weighted by Gasteiger charge is -2.16. The summed E-state index contributed by atoms with van der Waals surface area (Å²) in [7, 11) is -2.41. The second-order valence-corrected chi connectivity index (χ2v) is 6.25. The van der Waals surface area contributed by atoms with Crippen molar-refractivity contribution in [3.05, 3.63) is 11.5 Å². The Morgan fingerprint density at radius 2 is 2.05 bits per heavy atom. The van der Waals surface area contributed by atoms with Crippen LogP contribution >= 0.6 is 0 Å². The summed E-state index contributed by atoms with van der Waals surface area (Å²) < 4.78 is 30.4. The zero-order chi connectivity index (χ0) is 14.6. The fraction of sp³-hybridized carbons (Fsp3) is 0.636. The van der Waals surface area contributed by atoms with Crippen LogP contribution in [0.3, 0.4) is 0 Å². The third-order valence-electron chi connectivity index (χ3n) is 2.57. The molecule has 108 valence electrons. The largest absolute Gasteiger partial charge is 0.360 e. The molecule has 0 radical (unpaired) electrons. The number of nitrogens with zero attached hydrogens (tertiary/aromatic N) is 2. The van der Waals surface area contributed by atoms with Crippen LogP contribution in [0.5, 0.6) is 0 Å². The fourth-order valence-corrected chi connectivity index (χ4v) is 3.02. The number of rotatable bonds is 6. The highest BCUT2D eigenvalue weighted by Crippen LogP contribution is 2.21. The molecule has 19 heavy (non-hydrogen) atoms. The molecule has 1 aromatic rings. The van der Waals surface area contributed by atoms with Crippen molar-refractivity contribution >= 4 is 15.9 Å². The average Bonchev–Trinajstić information content (AvgIpc) is 2.66. The van der Waals surface area contributed by atoms with E-state index in [1.54, 1.807) is 6.92 Å². The summed E-state index contributed by atoms with van der Waals surface area (Å²) in [5.41, 5.74) is 0.290. The van der Waals surface area contributed by atoms with E-state index < -0.39 is 10.0 Å². The van der Waals surface area contributed by atoms with Crippen LogP contribution in [0, 0.1) is 13.8 Å². The van der Waals surface area contributed by atoms with E-state index in [0.717, 1.165) is 10.7 Å². The van der Waals surface area contributed by atoms with Crippen LogP contribution in [0.1, 0.15) is 24.8 Å². The maximum Gasteiger partial charge on any atom is 0.248 e. The zero-order valence-corrected chi connectivity index (χ0v) is 12.4. The number of hydrogen-bond donors (Lipinski definition) is 1. The fourth-order valence-electron chi connectivity index (χ4n) is 1.61. The van der Waals surface area contributed by atoms with E-state index in [9.17, 15) is 13.2 Å². The number of carbonyl (C=O) groups is 1. The Balaban J connectivity index is 2.87. The Morgan fingerprint density at radius 3 is 2.53 bits per heavy atom. The Labute approximate surface area is 113 Å². The number of nitrogens with one attached hydrogen (secondary N) is 1. The van der Waals surface area contributed by atoms with Gasteiger partial charge in [-0.2, -0.15) is 4.31 Å². The van der Waals surface area contributed by atoms with Crippen LogP contribution < -0.4 is 5.32 Å². The van der Waals surface area contributed by atoms with E-state index in [1.807, 2.05) is 6.92 Å². The number of aryl methyl sites for hydroxylation is 2. The second kappa shape index (κ2) is 6.16. The van der Waals surface area contributed by atoms with Crippen molar-refractivity contribution in [2.75, 3.05) is 20.1 Å². The van der Waals surface area contributed by atoms with Crippen LogP contribution in [0.2, 0.25) is 0 Å². The zero-order valence-electron chi connectivity index (χ0n) is 11.6. The van der Waals surface area contributed by atoms with Crippen molar-refractivity contribution in [2.24, 2.45) is 0 Å². The van der Waals surface area contributed by atoms with Crippen molar-refractivity contribution < 1.29 is 17.7 Å². The van der Waals surface area contributed by atoms with Crippen molar-refractivity contribution in [1.82, 2.24) is 14.8 Å².